The number of hydrogen-bond acceptors (Lipinski definition) is 2. The summed E-state index contributed by atoms with van der Waals surface area (Å²) in [4.78, 5) is 30.7. The molecule has 0 radical (unpaired) electrons. The highest BCUT2D eigenvalue weighted by Crippen LogP contribution is 2.26. The molecule has 0 unspecified atom stereocenters. The highest BCUT2D eigenvalue weighted by atomic mass is 16.1. The molecule has 150 valence electrons. The van der Waals surface area contributed by atoms with E-state index in [0.29, 0.717) is 6.42 Å². The highest BCUT2D eigenvalue weighted by Gasteiger charge is 2.14. The van der Waals surface area contributed by atoms with Crippen LogP contribution in [-0.4, -0.2) is 19.1 Å². The molecule has 2 aromatic heterocycles. The van der Waals surface area contributed by atoms with E-state index in [1.807, 2.05) is 70.2 Å². The summed E-state index contributed by atoms with van der Waals surface area (Å²) in [7, 11) is 0. The lowest BCUT2D eigenvalue weighted by Crippen LogP contribution is -2.20. The third kappa shape index (κ3) is 3.24. The van der Waals surface area contributed by atoms with E-state index in [9.17, 15) is 9.59 Å². The van der Waals surface area contributed by atoms with Crippen molar-refractivity contribution in [2.75, 3.05) is 0 Å². The molecular formula is C23H26N4O2. The van der Waals surface area contributed by atoms with Gasteiger partial charge in [-0.3, -0.25) is 9.13 Å². The van der Waals surface area contributed by atoms with Gasteiger partial charge >= 0.3 is 11.4 Å². The van der Waals surface area contributed by atoms with Crippen LogP contribution in [0.4, 0.5) is 0 Å². The van der Waals surface area contributed by atoms with Gasteiger partial charge in [0.25, 0.3) is 0 Å². The first kappa shape index (κ1) is 19.1. The third-order valence-electron chi connectivity index (χ3n) is 5.52. The van der Waals surface area contributed by atoms with Gasteiger partial charge in [0, 0.05) is 17.6 Å². The summed E-state index contributed by atoms with van der Waals surface area (Å²) in [5, 5.41) is 0. The molecule has 2 N–H and O–H groups in total. The SMILES string of the molecule is C/C(=C\C[C@H](C)n1c(=O)[nH]c2ccccc21)c1cccc2c1[nH]c(=O)n2C(C)C. The van der Waals surface area contributed by atoms with E-state index in [0.717, 1.165) is 33.2 Å². The van der Waals surface area contributed by atoms with E-state index >= 15 is 0 Å². The number of nitrogens with zero attached hydrogens (tertiary/aromatic N) is 2. The molecule has 2 aromatic carbocycles. The molecule has 0 aliphatic carbocycles. The van der Waals surface area contributed by atoms with Crippen molar-refractivity contribution in [1.82, 2.24) is 19.1 Å². The average Bonchev–Trinajstić information content (AvgIpc) is 3.20. The minimum atomic E-state index is -0.0924. The number of nitrogens with one attached hydrogen (secondary N) is 2. The van der Waals surface area contributed by atoms with E-state index in [4.69, 9.17) is 0 Å². The fourth-order valence-electron chi connectivity index (χ4n) is 4.06. The maximum Gasteiger partial charge on any atom is 0.326 e. The first-order chi connectivity index (χ1) is 13.9. The average molecular weight is 390 g/mol. The summed E-state index contributed by atoms with van der Waals surface area (Å²) in [5.74, 6) is 0. The largest absolute Gasteiger partial charge is 0.326 e. The van der Waals surface area contributed by atoms with Crippen molar-refractivity contribution >= 4 is 27.6 Å². The Morgan fingerprint density at radius 3 is 2.38 bits per heavy atom. The molecule has 1 atom stereocenters. The van der Waals surface area contributed by atoms with Gasteiger partial charge in [0.05, 0.1) is 22.1 Å². The van der Waals surface area contributed by atoms with Gasteiger partial charge in [-0.25, -0.2) is 9.59 Å². The lowest BCUT2D eigenvalue weighted by Gasteiger charge is -2.13. The van der Waals surface area contributed by atoms with Crippen LogP contribution in [0, 0.1) is 0 Å². The Hall–Kier alpha value is -3.28. The molecule has 4 rings (SSSR count). The predicted molar refractivity (Wildman–Crippen MR) is 118 cm³/mol. The van der Waals surface area contributed by atoms with Crippen LogP contribution >= 0.6 is 0 Å². The van der Waals surface area contributed by atoms with Crippen LogP contribution in [-0.2, 0) is 0 Å². The normalized spacial score (nSPS) is 13.6. The van der Waals surface area contributed by atoms with Crippen LogP contribution < -0.4 is 11.4 Å². The van der Waals surface area contributed by atoms with Gasteiger partial charge in [0.15, 0.2) is 0 Å². The number of H-pyrrole nitrogens is 2. The van der Waals surface area contributed by atoms with Crippen LogP contribution in [0.1, 0.15) is 51.8 Å². The summed E-state index contributed by atoms with van der Waals surface area (Å²) in [6.07, 6.45) is 2.85. The van der Waals surface area contributed by atoms with Crippen LogP contribution in [0.15, 0.2) is 58.1 Å². The Balaban J connectivity index is 1.69. The number of hydrogen-bond donors (Lipinski definition) is 2. The zero-order chi connectivity index (χ0) is 20.7. The summed E-state index contributed by atoms with van der Waals surface area (Å²) < 4.78 is 3.58. The monoisotopic (exact) mass is 390 g/mol. The van der Waals surface area contributed by atoms with Crippen molar-refractivity contribution in [2.24, 2.45) is 0 Å². The Bertz CT molecular complexity index is 1330. The number of allylic oxidation sites excluding steroid dienone is 2. The first-order valence-corrected chi connectivity index (χ1v) is 9.98. The molecule has 0 saturated heterocycles. The maximum atomic E-state index is 12.4. The Morgan fingerprint density at radius 1 is 0.931 bits per heavy atom. The fraction of sp³-hybridized carbons (Fsp3) is 0.304. The Labute approximate surface area is 168 Å². The van der Waals surface area contributed by atoms with Crippen molar-refractivity contribution in [2.45, 2.75) is 46.2 Å². The molecule has 0 saturated carbocycles. The van der Waals surface area contributed by atoms with Crippen LogP contribution in [0.2, 0.25) is 0 Å². The second-order valence-electron chi connectivity index (χ2n) is 7.88. The van der Waals surface area contributed by atoms with Crippen LogP contribution in [0.25, 0.3) is 27.6 Å². The van der Waals surface area contributed by atoms with Crippen molar-refractivity contribution in [1.29, 1.82) is 0 Å². The highest BCUT2D eigenvalue weighted by molar-refractivity contribution is 5.89. The van der Waals surface area contributed by atoms with Gasteiger partial charge in [-0.2, -0.15) is 0 Å². The van der Waals surface area contributed by atoms with Gasteiger partial charge in [-0.05, 0) is 57.9 Å². The molecule has 4 aromatic rings. The summed E-state index contributed by atoms with van der Waals surface area (Å²) in [6.45, 7) is 8.10. The number of imidazole rings is 2. The minimum absolute atomic E-state index is 0.00659. The summed E-state index contributed by atoms with van der Waals surface area (Å²) in [6, 6.07) is 13.8. The number of fused-ring (bicyclic) bond motifs is 2. The van der Waals surface area contributed by atoms with Gasteiger partial charge in [0.2, 0.25) is 0 Å². The molecule has 29 heavy (non-hydrogen) atoms. The van der Waals surface area contributed by atoms with Gasteiger partial charge in [-0.1, -0.05) is 30.3 Å². The number of aromatic amines is 2. The van der Waals surface area contributed by atoms with E-state index in [1.54, 1.807) is 9.13 Å². The van der Waals surface area contributed by atoms with E-state index < -0.39 is 0 Å². The molecule has 0 fully saturated rings. The topological polar surface area (TPSA) is 75.6 Å². The van der Waals surface area contributed by atoms with Gasteiger partial charge in [0.1, 0.15) is 0 Å². The molecule has 0 amide bonds. The third-order valence-corrected chi connectivity index (χ3v) is 5.52. The van der Waals surface area contributed by atoms with Crippen LogP contribution in [0.5, 0.6) is 0 Å². The van der Waals surface area contributed by atoms with E-state index in [2.05, 4.69) is 16.0 Å². The molecule has 0 aliphatic heterocycles. The second kappa shape index (κ2) is 7.28. The Kier molecular flexibility index (Phi) is 4.78. The molecule has 6 heteroatoms. The van der Waals surface area contributed by atoms with Crippen LogP contribution in [0.3, 0.4) is 0 Å². The predicted octanol–water partition coefficient (Wildman–Crippen LogP) is 4.61. The summed E-state index contributed by atoms with van der Waals surface area (Å²) in [5.41, 5.74) is 5.44. The summed E-state index contributed by atoms with van der Waals surface area (Å²) >= 11 is 0. The lowest BCUT2D eigenvalue weighted by molar-refractivity contribution is 0.553. The first-order valence-electron chi connectivity index (χ1n) is 9.98. The fourth-order valence-corrected chi connectivity index (χ4v) is 4.06. The van der Waals surface area contributed by atoms with Crippen molar-refractivity contribution in [3.63, 3.8) is 0 Å². The number of benzene rings is 2. The van der Waals surface area contributed by atoms with Crippen molar-refractivity contribution in [3.8, 4) is 0 Å². The van der Waals surface area contributed by atoms with Gasteiger partial charge in [-0.15, -0.1) is 0 Å². The maximum absolute atomic E-state index is 12.4. The lowest BCUT2D eigenvalue weighted by atomic mass is 10.0. The molecule has 2 heterocycles. The minimum Gasteiger partial charge on any atom is -0.306 e. The number of rotatable bonds is 5. The van der Waals surface area contributed by atoms with Crippen molar-refractivity contribution in [3.05, 3.63) is 75.1 Å². The Morgan fingerprint density at radius 2 is 1.62 bits per heavy atom. The molecule has 0 bridgehead atoms. The van der Waals surface area contributed by atoms with E-state index in [-0.39, 0.29) is 23.5 Å². The zero-order valence-corrected chi connectivity index (χ0v) is 17.2. The molecule has 6 nitrogen and oxygen atoms in total. The van der Waals surface area contributed by atoms with Crippen molar-refractivity contribution < 1.29 is 0 Å². The van der Waals surface area contributed by atoms with Gasteiger partial charge < -0.3 is 9.97 Å². The molecule has 0 spiro atoms. The second-order valence-corrected chi connectivity index (χ2v) is 7.88. The smallest absolute Gasteiger partial charge is 0.306 e. The zero-order valence-electron chi connectivity index (χ0n) is 17.2. The molecule has 0 aliphatic rings. The quantitative estimate of drug-likeness (QED) is 0.522. The molecular weight excluding hydrogens is 364 g/mol. The number of para-hydroxylation sites is 3. The number of aromatic nitrogens is 4. The standard InChI is InChI=1S/C23H26N4O2/c1-14(2)26-20-11-7-8-17(21(20)25-23(26)29)15(3)12-13-16(4)27-19-10-6-5-9-18(19)24-22(27)28/h5-12,14,16H,13H2,1-4H3,(H,24,28)(H,25,29)/b15-12+/t16-/m0/s1. The van der Waals surface area contributed by atoms with E-state index in [1.165, 1.54) is 0 Å².